The standard InChI is InChI=1S/C24H29FN4O/c1-17(2)23-22(16-27-29(23)21-13-9-19(25)10-14-21)24(30)26-15-5-6-18-7-11-20(12-8-18)28(3)4/h7-14,16-17H,5-6,15H2,1-4H3,(H,26,30). The lowest BCUT2D eigenvalue weighted by Crippen LogP contribution is -2.26. The topological polar surface area (TPSA) is 50.2 Å². The molecule has 0 atom stereocenters. The summed E-state index contributed by atoms with van der Waals surface area (Å²) in [7, 11) is 4.04. The SMILES string of the molecule is CC(C)c1c(C(=O)NCCCc2ccc(N(C)C)cc2)cnn1-c1ccc(F)cc1. The van der Waals surface area contributed by atoms with Crippen LogP contribution in [0.1, 0.15) is 47.8 Å². The maximum Gasteiger partial charge on any atom is 0.254 e. The summed E-state index contributed by atoms with van der Waals surface area (Å²) >= 11 is 0. The zero-order valence-corrected chi connectivity index (χ0v) is 18.0. The number of aryl methyl sites for hydroxylation is 1. The molecule has 0 aliphatic heterocycles. The van der Waals surface area contributed by atoms with E-state index in [9.17, 15) is 9.18 Å². The highest BCUT2D eigenvalue weighted by Crippen LogP contribution is 2.23. The highest BCUT2D eigenvalue weighted by atomic mass is 19.1. The number of benzene rings is 2. The molecule has 0 aliphatic rings. The van der Waals surface area contributed by atoms with Crippen LogP contribution in [0.4, 0.5) is 10.1 Å². The Balaban J connectivity index is 1.62. The van der Waals surface area contributed by atoms with Crippen molar-refractivity contribution < 1.29 is 9.18 Å². The quantitative estimate of drug-likeness (QED) is 0.556. The summed E-state index contributed by atoms with van der Waals surface area (Å²) in [6, 6.07) is 14.6. The molecule has 0 unspecified atom stereocenters. The molecule has 158 valence electrons. The Bertz CT molecular complexity index is 975. The van der Waals surface area contributed by atoms with Crippen LogP contribution in [-0.2, 0) is 6.42 Å². The Morgan fingerprint density at radius 2 is 1.77 bits per heavy atom. The Morgan fingerprint density at radius 1 is 1.10 bits per heavy atom. The first-order valence-corrected chi connectivity index (χ1v) is 10.2. The molecule has 5 nitrogen and oxygen atoms in total. The van der Waals surface area contributed by atoms with Crippen LogP contribution >= 0.6 is 0 Å². The van der Waals surface area contributed by atoms with Gasteiger partial charge >= 0.3 is 0 Å². The summed E-state index contributed by atoms with van der Waals surface area (Å²) in [5.41, 5.74) is 4.54. The summed E-state index contributed by atoms with van der Waals surface area (Å²) in [6.07, 6.45) is 3.35. The van der Waals surface area contributed by atoms with Crippen LogP contribution in [0.3, 0.4) is 0 Å². The van der Waals surface area contributed by atoms with E-state index in [-0.39, 0.29) is 17.6 Å². The molecule has 1 N–H and O–H groups in total. The zero-order chi connectivity index (χ0) is 21.7. The lowest BCUT2D eigenvalue weighted by molar-refractivity contribution is 0.0952. The van der Waals surface area contributed by atoms with Crippen molar-refractivity contribution in [2.75, 3.05) is 25.5 Å². The number of halogens is 1. The third-order valence-corrected chi connectivity index (χ3v) is 5.05. The molecule has 1 amide bonds. The summed E-state index contributed by atoms with van der Waals surface area (Å²) in [4.78, 5) is 14.8. The number of amides is 1. The van der Waals surface area contributed by atoms with E-state index in [1.54, 1.807) is 23.0 Å². The Labute approximate surface area is 177 Å². The largest absolute Gasteiger partial charge is 0.378 e. The Kier molecular flexibility index (Phi) is 6.87. The predicted octanol–water partition coefficient (Wildman–Crippen LogP) is 4.56. The van der Waals surface area contributed by atoms with Gasteiger partial charge in [0.05, 0.1) is 23.1 Å². The van der Waals surface area contributed by atoms with Crippen LogP contribution in [0, 0.1) is 5.82 Å². The summed E-state index contributed by atoms with van der Waals surface area (Å²) in [6.45, 7) is 4.63. The van der Waals surface area contributed by atoms with Crippen LogP contribution in [-0.4, -0.2) is 36.3 Å². The molecule has 0 aliphatic carbocycles. The van der Waals surface area contributed by atoms with Crippen molar-refractivity contribution in [2.45, 2.75) is 32.6 Å². The summed E-state index contributed by atoms with van der Waals surface area (Å²) in [5.74, 6) is -0.338. The third kappa shape index (κ3) is 5.06. The molecule has 0 radical (unpaired) electrons. The lowest BCUT2D eigenvalue weighted by Gasteiger charge is -2.13. The van der Waals surface area contributed by atoms with Crippen molar-refractivity contribution in [1.29, 1.82) is 0 Å². The van der Waals surface area contributed by atoms with E-state index in [0.717, 1.165) is 24.2 Å². The fraction of sp³-hybridized carbons (Fsp3) is 0.333. The molecule has 0 fully saturated rings. The predicted molar refractivity (Wildman–Crippen MR) is 119 cm³/mol. The van der Waals surface area contributed by atoms with Gasteiger partial charge < -0.3 is 10.2 Å². The number of anilines is 1. The molecule has 2 aromatic carbocycles. The number of carbonyl (C=O) groups is 1. The molecule has 3 aromatic rings. The zero-order valence-electron chi connectivity index (χ0n) is 18.0. The van der Waals surface area contributed by atoms with E-state index >= 15 is 0 Å². The van der Waals surface area contributed by atoms with Crippen molar-refractivity contribution in [3.63, 3.8) is 0 Å². The molecule has 30 heavy (non-hydrogen) atoms. The normalized spacial score (nSPS) is 11.0. The maximum absolute atomic E-state index is 13.2. The van der Waals surface area contributed by atoms with E-state index in [2.05, 4.69) is 39.6 Å². The minimum Gasteiger partial charge on any atom is -0.378 e. The molecule has 1 heterocycles. The second-order valence-electron chi connectivity index (χ2n) is 7.91. The Morgan fingerprint density at radius 3 is 2.37 bits per heavy atom. The minimum absolute atomic E-state index is 0.0912. The lowest BCUT2D eigenvalue weighted by atomic mass is 10.0. The van der Waals surface area contributed by atoms with Crippen molar-refractivity contribution >= 4 is 11.6 Å². The van der Waals surface area contributed by atoms with Crippen LogP contribution in [0.5, 0.6) is 0 Å². The first kappa shape index (κ1) is 21.6. The van der Waals surface area contributed by atoms with E-state index < -0.39 is 0 Å². The van der Waals surface area contributed by atoms with Crippen molar-refractivity contribution in [3.8, 4) is 5.69 Å². The average Bonchev–Trinajstić information content (AvgIpc) is 3.17. The van der Waals surface area contributed by atoms with Crippen LogP contribution in [0.2, 0.25) is 0 Å². The summed E-state index contributed by atoms with van der Waals surface area (Å²) < 4.78 is 15.0. The van der Waals surface area contributed by atoms with Gasteiger partial charge in [-0.3, -0.25) is 4.79 Å². The fourth-order valence-electron chi connectivity index (χ4n) is 3.43. The molecule has 1 aromatic heterocycles. The van der Waals surface area contributed by atoms with Crippen LogP contribution < -0.4 is 10.2 Å². The summed E-state index contributed by atoms with van der Waals surface area (Å²) in [5, 5.41) is 7.39. The van der Waals surface area contributed by atoms with Crippen LogP contribution in [0.25, 0.3) is 5.69 Å². The Hall–Kier alpha value is -3.15. The number of nitrogens with one attached hydrogen (secondary N) is 1. The van der Waals surface area contributed by atoms with E-state index in [0.29, 0.717) is 12.1 Å². The smallest absolute Gasteiger partial charge is 0.254 e. The van der Waals surface area contributed by atoms with Gasteiger partial charge in [-0.1, -0.05) is 26.0 Å². The average molecular weight is 409 g/mol. The van der Waals surface area contributed by atoms with Crippen molar-refractivity contribution in [2.24, 2.45) is 0 Å². The molecule has 0 spiro atoms. The molecular formula is C24H29FN4O. The number of hydrogen-bond donors (Lipinski definition) is 1. The number of rotatable bonds is 8. The van der Waals surface area contributed by atoms with Gasteiger partial charge in [0, 0.05) is 26.3 Å². The molecule has 0 saturated carbocycles. The number of aromatic nitrogens is 2. The molecular weight excluding hydrogens is 379 g/mol. The highest BCUT2D eigenvalue weighted by Gasteiger charge is 2.20. The molecule has 3 rings (SSSR count). The van der Waals surface area contributed by atoms with Gasteiger partial charge in [-0.15, -0.1) is 0 Å². The maximum atomic E-state index is 13.2. The monoisotopic (exact) mass is 408 g/mol. The second kappa shape index (κ2) is 9.57. The van der Waals surface area contributed by atoms with Gasteiger partial charge in [-0.25, -0.2) is 9.07 Å². The first-order valence-electron chi connectivity index (χ1n) is 10.2. The van der Waals surface area contributed by atoms with Gasteiger partial charge in [0.25, 0.3) is 5.91 Å². The van der Waals surface area contributed by atoms with E-state index in [1.807, 2.05) is 27.9 Å². The van der Waals surface area contributed by atoms with Gasteiger partial charge in [-0.2, -0.15) is 5.10 Å². The number of hydrogen-bond acceptors (Lipinski definition) is 3. The number of carbonyl (C=O) groups excluding carboxylic acids is 1. The van der Waals surface area contributed by atoms with Gasteiger partial charge in [0.15, 0.2) is 0 Å². The number of nitrogens with zero attached hydrogens (tertiary/aromatic N) is 3. The second-order valence-corrected chi connectivity index (χ2v) is 7.91. The van der Waals surface area contributed by atoms with Crippen molar-refractivity contribution in [1.82, 2.24) is 15.1 Å². The molecule has 0 saturated heterocycles. The van der Waals surface area contributed by atoms with Gasteiger partial charge in [0.1, 0.15) is 5.82 Å². The van der Waals surface area contributed by atoms with Gasteiger partial charge in [0.2, 0.25) is 0 Å². The third-order valence-electron chi connectivity index (χ3n) is 5.05. The van der Waals surface area contributed by atoms with E-state index in [4.69, 9.17) is 0 Å². The van der Waals surface area contributed by atoms with Gasteiger partial charge in [-0.05, 0) is 60.7 Å². The van der Waals surface area contributed by atoms with Crippen molar-refractivity contribution in [3.05, 3.63) is 77.4 Å². The molecule has 0 bridgehead atoms. The highest BCUT2D eigenvalue weighted by molar-refractivity contribution is 5.95. The minimum atomic E-state index is -0.300. The fourth-order valence-corrected chi connectivity index (χ4v) is 3.43. The van der Waals surface area contributed by atoms with E-state index in [1.165, 1.54) is 23.4 Å². The van der Waals surface area contributed by atoms with Crippen LogP contribution in [0.15, 0.2) is 54.7 Å². The molecule has 6 heteroatoms. The first-order chi connectivity index (χ1) is 14.4.